The first-order chi connectivity index (χ1) is 14.2. The Hall–Kier alpha value is -3.67. The van der Waals surface area contributed by atoms with Crippen molar-refractivity contribution in [3.63, 3.8) is 0 Å². The maximum absolute atomic E-state index is 13.3. The van der Waals surface area contributed by atoms with E-state index in [9.17, 15) is 9.59 Å². The van der Waals surface area contributed by atoms with Crippen LogP contribution in [0.5, 0.6) is 0 Å². The predicted octanol–water partition coefficient (Wildman–Crippen LogP) is 2.90. The van der Waals surface area contributed by atoms with E-state index in [1.807, 2.05) is 66.7 Å². The minimum Gasteiger partial charge on any atom is -0.353 e. The van der Waals surface area contributed by atoms with Crippen LogP contribution in [0.4, 0.5) is 0 Å². The Morgan fingerprint density at radius 2 is 1.83 bits per heavy atom. The molecule has 5 rings (SSSR count). The molecule has 3 aromatic carbocycles. The Labute approximate surface area is 167 Å². The van der Waals surface area contributed by atoms with Gasteiger partial charge < -0.3 is 15.2 Å². The fraction of sp³-hybridized carbons (Fsp3) is 0.174. The first kappa shape index (κ1) is 17.4. The van der Waals surface area contributed by atoms with Gasteiger partial charge in [0.2, 0.25) is 5.91 Å². The largest absolute Gasteiger partial charge is 0.353 e. The number of hydrogen-bond acceptors (Lipinski definition) is 3. The summed E-state index contributed by atoms with van der Waals surface area (Å²) in [4.78, 5) is 35.4. The maximum atomic E-state index is 13.3. The van der Waals surface area contributed by atoms with Gasteiger partial charge in [0.25, 0.3) is 5.91 Å². The third-order valence-electron chi connectivity index (χ3n) is 5.41. The Bertz CT molecular complexity index is 1200. The standard InChI is InChI=1S/C23H20N4O2/c28-22-20(14-21-25-18-7-3-4-8-19(18)26-21)27(12-11-24-22)23(29)17-10-9-15-5-1-2-6-16(15)13-17/h1-10,13,20H,11-12,14H2,(H,24,28)(H,25,26). The molecule has 1 saturated heterocycles. The van der Waals surface area contributed by atoms with E-state index in [-0.39, 0.29) is 11.8 Å². The summed E-state index contributed by atoms with van der Waals surface area (Å²) in [5.74, 6) is 0.419. The van der Waals surface area contributed by atoms with E-state index in [1.54, 1.807) is 4.90 Å². The number of nitrogens with zero attached hydrogens (tertiary/aromatic N) is 2. The van der Waals surface area contributed by atoms with Gasteiger partial charge in [-0.25, -0.2) is 4.98 Å². The number of benzene rings is 3. The second-order valence-electron chi connectivity index (χ2n) is 7.27. The molecule has 6 heteroatoms. The molecule has 1 aromatic heterocycles. The minimum atomic E-state index is -0.594. The van der Waals surface area contributed by atoms with Crippen molar-refractivity contribution >= 4 is 33.6 Å². The van der Waals surface area contributed by atoms with Crippen molar-refractivity contribution < 1.29 is 9.59 Å². The van der Waals surface area contributed by atoms with E-state index >= 15 is 0 Å². The lowest BCUT2D eigenvalue weighted by molar-refractivity contribution is -0.127. The third-order valence-corrected chi connectivity index (χ3v) is 5.41. The lowest BCUT2D eigenvalue weighted by Gasteiger charge is -2.34. The molecular weight excluding hydrogens is 364 g/mol. The number of aromatic nitrogens is 2. The molecule has 1 aliphatic rings. The monoisotopic (exact) mass is 384 g/mol. The van der Waals surface area contributed by atoms with Gasteiger partial charge in [-0.15, -0.1) is 0 Å². The summed E-state index contributed by atoms with van der Waals surface area (Å²) in [5, 5.41) is 4.97. The lowest BCUT2D eigenvalue weighted by Crippen LogP contribution is -2.58. The number of fused-ring (bicyclic) bond motifs is 2. The van der Waals surface area contributed by atoms with Crippen LogP contribution in [0, 0.1) is 0 Å². The normalized spacial score (nSPS) is 16.9. The molecule has 4 aromatic rings. The van der Waals surface area contributed by atoms with Crippen molar-refractivity contribution in [3.05, 3.63) is 78.1 Å². The van der Waals surface area contributed by atoms with Crippen molar-refractivity contribution in [2.24, 2.45) is 0 Å². The SMILES string of the molecule is O=C1NCCN(C(=O)c2ccc3ccccc3c2)C1Cc1nc2ccccc2[nH]1. The van der Waals surface area contributed by atoms with Gasteiger partial charge in [-0.3, -0.25) is 9.59 Å². The van der Waals surface area contributed by atoms with Crippen LogP contribution in [0.3, 0.4) is 0 Å². The zero-order valence-corrected chi connectivity index (χ0v) is 15.8. The molecule has 6 nitrogen and oxygen atoms in total. The molecule has 0 spiro atoms. The number of amides is 2. The molecule has 1 unspecified atom stereocenters. The van der Waals surface area contributed by atoms with Crippen LogP contribution in [0.1, 0.15) is 16.2 Å². The Balaban J connectivity index is 1.45. The van der Waals surface area contributed by atoms with Crippen LogP contribution >= 0.6 is 0 Å². The molecule has 2 N–H and O–H groups in total. The van der Waals surface area contributed by atoms with Gasteiger partial charge in [0.05, 0.1) is 11.0 Å². The van der Waals surface area contributed by atoms with E-state index in [1.165, 1.54) is 0 Å². The summed E-state index contributed by atoms with van der Waals surface area (Å²) in [6, 6.07) is 20.7. The Kier molecular flexibility index (Phi) is 4.24. The van der Waals surface area contributed by atoms with E-state index in [2.05, 4.69) is 15.3 Å². The first-order valence-corrected chi connectivity index (χ1v) is 9.70. The highest BCUT2D eigenvalue weighted by atomic mass is 16.2. The number of carbonyl (C=O) groups is 2. The van der Waals surface area contributed by atoms with Crippen LogP contribution in [0.2, 0.25) is 0 Å². The van der Waals surface area contributed by atoms with Crippen LogP contribution in [0.25, 0.3) is 21.8 Å². The molecule has 2 heterocycles. The predicted molar refractivity (Wildman–Crippen MR) is 112 cm³/mol. The highest BCUT2D eigenvalue weighted by molar-refractivity contribution is 6.01. The molecule has 29 heavy (non-hydrogen) atoms. The van der Waals surface area contributed by atoms with Gasteiger partial charge in [0, 0.05) is 25.1 Å². The third kappa shape index (κ3) is 3.23. The summed E-state index contributed by atoms with van der Waals surface area (Å²) in [5.41, 5.74) is 2.37. The highest BCUT2D eigenvalue weighted by Gasteiger charge is 2.34. The van der Waals surface area contributed by atoms with Gasteiger partial charge in [-0.2, -0.15) is 0 Å². The number of hydrogen-bond donors (Lipinski definition) is 2. The van der Waals surface area contributed by atoms with Gasteiger partial charge in [0.1, 0.15) is 11.9 Å². The van der Waals surface area contributed by atoms with Crippen molar-refractivity contribution in [1.29, 1.82) is 0 Å². The summed E-state index contributed by atoms with van der Waals surface area (Å²) >= 11 is 0. The molecule has 2 amide bonds. The summed E-state index contributed by atoms with van der Waals surface area (Å²) < 4.78 is 0. The average molecular weight is 384 g/mol. The number of H-pyrrole nitrogens is 1. The van der Waals surface area contributed by atoms with Crippen LogP contribution in [-0.4, -0.2) is 45.8 Å². The van der Waals surface area contributed by atoms with Gasteiger partial charge >= 0.3 is 0 Å². The number of nitrogens with one attached hydrogen (secondary N) is 2. The smallest absolute Gasteiger partial charge is 0.254 e. The van der Waals surface area contributed by atoms with E-state index in [0.717, 1.165) is 21.8 Å². The van der Waals surface area contributed by atoms with Gasteiger partial charge in [-0.05, 0) is 35.0 Å². The molecule has 1 aliphatic heterocycles. The van der Waals surface area contributed by atoms with E-state index in [4.69, 9.17) is 0 Å². The van der Waals surface area contributed by atoms with Gasteiger partial charge in [-0.1, -0.05) is 42.5 Å². The van der Waals surface area contributed by atoms with Crippen molar-refractivity contribution in [1.82, 2.24) is 20.2 Å². The summed E-state index contributed by atoms with van der Waals surface area (Å²) in [6.45, 7) is 0.928. The molecule has 1 atom stereocenters. The molecular formula is C23H20N4O2. The topological polar surface area (TPSA) is 78.1 Å². The molecule has 1 fully saturated rings. The summed E-state index contributed by atoms with van der Waals surface area (Å²) in [6.07, 6.45) is 0.347. The van der Waals surface area contributed by atoms with Crippen molar-refractivity contribution in [2.75, 3.05) is 13.1 Å². The summed E-state index contributed by atoms with van der Waals surface area (Å²) in [7, 11) is 0. The van der Waals surface area contributed by atoms with Crippen molar-refractivity contribution in [3.8, 4) is 0 Å². The number of carbonyl (C=O) groups excluding carboxylic acids is 2. The van der Waals surface area contributed by atoms with Crippen LogP contribution < -0.4 is 5.32 Å². The van der Waals surface area contributed by atoms with Gasteiger partial charge in [0.15, 0.2) is 0 Å². The van der Waals surface area contributed by atoms with E-state index in [0.29, 0.717) is 30.9 Å². The van der Waals surface area contributed by atoms with Crippen LogP contribution in [0.15, 0.2) is 66.7 Å². The number of aromatic amines is 1. The zero-order chi connectivity index (χ0) is 19.8. The second kappa shape index (κ2) is 7.05. The average Bonchev–Trinajstić information content (AvgIpc) is 3.17. The number of imidazole rings is 1. The molecule has 144 valence electrons. The lowest BCUT2D eigenvalue weighted by atomic mass is 10.0. The Morgan fingerprint density at radius 1 is 1.03 bits per heavy atom. The minimum absolute atomic E-state index is 0.133. The second-order valence-corrected chi connectivity index (χ2v) is 7.27. The van der Waals surface area contributed by atoms with Crippen LogP contribution in [-0.2, 0) is 11.2 Å². The Morgan fingerprint density at radius 3 is 2.69 bits per heavy atom. The molecule has 0 bridgehead atoms. The number of piperazine rings is 1. The zero-order valence-electron chi connectivity index (χ0n) is 15.8. The fourth-order valence-corrected chi connectivity index (χ4v) is 3.93. The molecule has 0 saturated carbocycles. The maximum Gasteiger partial charge on any atom is 0.254 e. The number of rotatable bonds is 3. The molecule has 0 radical (unpaired) electrons. The molecule has 0 aliphatic carbocycles. The number of para-hydroxylation sites is 2. The first-order valence-electron chi connectivity index (χ1n) is 9.70. The fourth-order valence-electron chi connectivity index (χ4n) is 3.93. The quantitative estimate of drug-likeness (QED) is 0.570. The van der Waals surface area contributed by atoms with E-state index < -0.39 is 6.04 Å². The highest BCUT2D eigenvalue weighted by Crippen LogP contribution is 2.20. The van der Waals surface area contributed by atoms with Crippen molar-refractivity contribution in [2.45, 2.75) is 12.5 Å².